The van der Waals surface area contributed by atoms with Crippen LogP contribution in [0.5, 0.6) is 0 Å². The molecule has 0 aliphatic carbocycles. The zero-order chi connectivity index (χ0) is 26.4. The first-order valence-electron chi connectivity index (χ1n) is 11.9. The second kappa shape index (κ2) is 11.7. The van der Waals surface area contributed by atoms with Crippen LogP contribution in [0.4, 0.5) is 21.9 Å². The highest BCUT2D eigenvalue weighted by atomic mass is 32.2. The molecule has 0 spiro atoms. The highest BCUT2D eigenvalue weighted by Crippen LogP contribution is 2.38. The third kappa shape index (κ3) is 7.48. The summed E-state index contributed by atoms with van der Waals surface area (Å²) in [5.41, 5.74) is 11.3. The van der Waals surface area contributed by atoms with E-state index in [-0.39, 0.29) is 11.6 Å². The number of urea groups is 1. The van der Waals surface area contributed by atoms with E-state index in [0.29, 0.717) is 17.9 Å². The number of amides is 2. The number of benzene rings is 3. The summed E-state index contributed by atoms with van der Waals surface area (Å²) in [4.78, 5) is 19.3. The molecule has 0 saturated heterocycles. The first-order valence-corrected chi connectivity index (χ1v) is 13.6. The third-order valence-electron chi connectivity index (χ3n) is 5.30. The number of nitrogens with one attached hydrogen (secondary N) is 4. The SMILES string of the molecule is CNc1ccc(-c2ncc(-c3ccc(NC(=O)NCc4cccc(N)c4)cc3SNC(C)(C)C)s2)cc1. The molecule has 0 fully saturated rings. The van der Waals surface area contributed by atoms with Gasteiger partial charge < -0.3 is 21.7 Å². The Hall–Kier alpha value is -3.53. The number of thiazole rings is 1. The van der Waals surface area contributed by atoms with Crippen molar-refractivity contribution in [3.05, 3.63) is 78.5 Å². The molecule has 2 amide bonds. The van der Waals surface area contributed by atoms with E-state index in [2.05, 4.69) is 58.6 Å². The molecule has 0 saturated carbocycles. The maximum absolute atomic E-state index is 12.6. The summed E-state index contributed by atoms with van der Waals surface area (Å²) < 4.78 is 3.49. The number of anilines is 3. The Balaban J connectivity index is 1.53. The van der Waals surface area contributed by atoms with Crippen LogP contribution in [0.1, 0.15) is 26.3 Å². The largest absolute Gasteiger partial charge is 0.399 e. The van der Waals surface area contributed by atoms with Crippen molar-refractivity contribution < 1.29 is 4.79 Å². The number of nitrogens with two attached hydrogens (primary N) is 1. The van der Waals surface area contributed by atoms with Gasteiger partial charge in [-0.2, -0.15) is 0 Å². The smallest absolute Gasteiger partial charge is 0.319 e. The van der Waals surface area contributed by atoms with Crippen LogP contribution in [0.3, 0.4) is 0 Å². The van der Waals surface area contributed by atoms with Gasteiger partial charge >= 0.3 is 6.03 Å². The summed E-state index contributed by atoms with van der Waals surface area (Å²) in [7, 11) is 1.91. The van der Waals surface area contributed by atoms with E-state index in [9.17, 15) is 4.79 Å². The monoisotopic (exact) mass is 532 g/mol. The minimum absolute atomic E-state index is 0.0891. The minimum Gasteiger partial charge on any atom is -0.399 e. The lowest BCUT2D eigenvalue weighted by atomic mass is 10.1. The van der Waals surface area contributed by atoms with Gasteiger partial charge in [-0.3, -0.25) is 4.72 Å². The Morgan fingerprint density at radius 1 is 1.03 bits per heavy atom. The van der Waals surface area contributed by atoms with Gasteiger partial charge in [0, 0.05) is 58.4 Å². The zero-order valence-electron chi connectivity index (χ0n) is 21.4. The van der Waals surface area contributed by atoms with Gasteiger partial charge in [-0.25, -0.2) is 9.78 Å². The minimum atomic E-state index is -0.278. The molecule has 7 nitrogen and oxygen atoms in total. The number of aromatic nitrogens is 1. The molecule has 0 bridgehead atoms. The van der Waals surface area contributed by atoms with Crippen molar-refractivity contribution in [2.75, 3.05) is 23.4 Å². The molecule has 0 aliphatic heterocycles. The van der Waals surface area contributed by atoms with E-state index in [1.807, 2.05) is 67.8 Å². The van der Waals surface area contributed by atoms with Crippen LogP contribution >= 0.6 is 23.3 Å². The molecule has 6 N–H and O–H groups in total. The number of nitrogen functional groups attached to an aromatic ring is 1. The highest BCUT2D eigenvalue weighted by molar-refractivity contribution is 7.97. The first kappa shape index (κ1) is 26.5. The molecule has 1 heterocycles. The molecular formula is C28H32N6OS2. The molecule has 0 radical (unpaired) electrons. The van der Waals surface area contributed by atoms with Crippen molar-refractivity contribution in [2.45, 2.75) is 37.8 Å². The summed E-state index contributed by atoms with van der Waals surface area (Å²) in [5, 5.41) is 9.93. The molecule has 4 rings (SSSR count). The topological polar surface area (TPSA) is 104 Å². The van der Waals surface area contributed by atoms with Crippen LogP contribution in [0.15, 0.2) is 77.8 Å². The van der Waals surface area contributed by atoms with Crippen molar-refractivity contribution in [3.8, 4) is 21.0 Å². The van der Waals surface area contributed by atoms with Crippen LogP contribution in [-0.4, -0.2) is 23.6 Å². The number of carbonyl (C=O) groups is 1. The fourth-order valence-corrected chi connectivity index (χ4v) is 5.38. The first-order chi connectivity index (χ1) is 17.7. The third-order valence-corrected chi connectivity index (χ3v) is 7.65. The average Bonchev–Trinajstić information content (AvgIpc) is 3.36. The van der Waals surface area contributed by atoms with Crippen molar-refractivity contribution in [1.82, 2.24) is 15.0 Å². The summed E-state index contributed by atoms with van der Waals surface area (Å²) in [6.07, 6.45) is 1.91. The van der Waals surface area contributed by atoms with Gasteiger partial charge in [-0.1, -0.05) is 18.2 Å². The van der Waals surface area contributed by atoms with Gasteiger partial charge in [-0.15, -0.1) is 11.3 Å². The van der Waals surface area contributed by atoms with Crippen molar-refractivity contribution in [2.24, 2.45) is 0 Å². The predicted octanol–water partition coefficient (Wildman–Crippen LogP) is 6.82. The summed E-state index contributed by atoms with van der Waals surface area (Å²) >= 11 is 3.19. The van der Waals surface area contributed by atoms with Gasteiger partial charge in [0.2, 0.25) is 0 Å². The second-order valence-electron chi connectivity index (χ2n) is 9.57. The Morgan fingerprint density at radius 2 is 1.78 bits per heavy atom. The van der Waals surface area contributed by atoms with Crippen molar-refractivity contribution in [1.29, 1.82) is 0 Å². The Morgan fingerprint density at radius 3 is 2.49 bits per heavy atom. The number of nitrogens with zero attached hydrogens (tertiary/aromatic N) is 1. The van der Waals surface area contributed by atoms with E-state index < -0.39 is 0 Å². The number of rotatable bonds is 8. The standard InChI is InChI=1S/C28H32N6OS2/c1-28(2,3)34-37-24-15-22(33-27(35)32-16-18-6-5-7-20(29)14-18)12-13-23(24)25-17-31-26(36-25)19-8-10-21(30-4)11-9-19/h5-15,17,30,34H,16,29H2,1-4H3,(H2,32,33,35). The van der Waals surface area contributed by atoms with E-state index in [4.69, 9.17) is 5.73 Å². The van der Waals surface area contributed by atoms with Gasteiger partial charge in [0.05, 0.1) is 4.88 Å². The molecular weight excluding hydrogens is 500 g/mol. The van der Waals surface area contributed by atoms with E-state index in [1.54, 1.807) is 23.3 Å². The number of hydrogen-bond donors (Lipinski definition) is 5. The molecule has 4 aromatic rings. The Kier molecular flexibility index (Phi) is 8.38. The predicted molar refractivity (Wildman–Crippen MR) is 158 cm³/mol. The molecule has 0 aliphatic rings. The summed E-state index contributed by atoms with van der Waals surface area (Å²) in [5.74, 6) is 0. The second-order valence-corrected chi connectivity index (χ2v) is 11.5. The number of carbonyl (C=O) groups excluding carboxylic acids is 1. The maximum atomic E-state index is 12.6. The fourth-order valence-electron chi connectivity index (χ4n) is 3.47. The Labute approximate surface area is 226 Å². The van der Waals surface area contributed by atoms with Crippen LogP contribution in [0.25, 0.3) is 21.0 Å². The zero-order valence-corrected chi connectivity index (χ0v) is 23.0. The highest BCUT2D eigenvalue weighted by Gasteiger charge is 2.16. The molecule has 1 aromatic heterocycles. The molecule has 0 unspecified atom stereocenters. The van der Waals surface area contributed by atoms with E-state index in [1.165, 1.54) is 0 Å². The van der Waals surface area contributed by atoms with Gasteiger partial charge in [0.25, 0.3) is 0 Å². The lowest BCUT2D eigenvalue weighted by Crippen LogP contribution is -2.30. The summed E-state index contributed by atoms with van der Waals surface area (Å²) in [6, 6.07) is 21.3. The van der Waals surface area contributed by atoms with Crippen molar-refractivity contribution >= 4 is 46.4 Å². The van der Waals surface area contributed by atoms with Crippen LogP contribution < -0.4 is 26.4 Å². The van der Waals surface area contributed by atoms with E-state index >= 15 is 0 Å². The molecule has 9 heteroatoms. The van der Waals surface area contributed by atoms with E-state index in [0.717, 1.165) is 37.2 Å². The van der Waals surface area contributed by atoms with Gasteiger partial charge in [0.1, 0.15) is 5.01 Å². The maximum Gasteiger partial charge on any atom is 0.319 e. The molecule has 192 valence electrons. The van der Waals surface area contributed by atoms with Crippen LogP contribution in [0, 0.1) is 0 Å². The van der Waals surface area contributed by atoms with Gasteiger partial charge in [-0.05, 0) is 86.8 Å². The summed E-state index contributed by atoms with van der Waals surface area (Å²) in [6.45, 7) is 6.74. The Bertz CT molecular complexity index is 1360. The normalized spacial score (nSPS) is 11.2. The lowest BCUT2D eigenvalue weighted by molar-refractivity contribution is 0.251. The average molecular weight is 533 g/mol. The molecule has 0 atom stereocenters. The molecule has 3 aromatic carbocycles. The number of hydrogen-bond acceptors (Lipinski definition) is 7. The van der Waals surface area contributed by atoms with Crippen molar-refractivity contribution in [3.63, 3.8) is 0 Å². The van der Waals surface area contributed by atoms with Gasteiger partial charge in [0.15, 0.2) is 0 Å². The van der Waals surface area contributed by atoms with Crippen LogP contribution in [-0.2, 0) is 6.54 Å². The van der Waals surface area contributed by atoms with Crippen LogP contribution in [0.2, 0.25) is 0 Å². The molecule has 37 heavy (non-hydrogen) atoms. The fraction of sp³-hybridized carbons (Fsp3) is 0.214. The lowest BCUT2D eigenvalue weighted by Gasteiger charge is -2.21. The quantitative estimate of drug-likeness (QED) is 0.126.